The van der Waals surface area contributed by atoms with Crippen molar-refractivity contribution in [3.63, 3.8) is 0 Å². The highest BCUT2D eigenvalue weighted by Gasteiger charge is 2.28. The van der Waals surface area contributed by atoms with Gasteiger partial charge in [0, 0.05) is 38.4 Å². The minimum atomic E-state index is 0.00478. The fourth-order valence-corrected chi connectivity index (χ4v) is 3.55. The summed E-state index contributed by atoms with van der Waals surface area (Å²) in [6, 6.07) is 12.3. The summed E-state index contributed by atoms with van der Waals surface area (Å²) in [5, 5.41) is 0. The van der Waals surface area contributed by atoms with E-state index in [2.05, 4.69) is 57.0 Å². The maximum absolute atomic E-state index is 12.9. The molecule has 0 radical (unpaired) electrons. The first kappa shape index (κ1) is 17.9. The first-order valence-corrected chi connectivity index (χ1v) is 9.14. The number of aromatic nitrogens is 1. The van der Waals surface area contributed by atoms with Crippen molar-refractivity contribution in [3.8, 4) is 5.75 Å². The number of benzene rings is 1. The van der Waals surface area contributed by atoms with Crippen molar-refractivity contribution in [1.29, 1.82) is 0 Å². The summed E-state index contributed by atoms with van der Waals surface area (Å²) in [5.41, 5.74) is 1.86. The Hall–Kier alpha value is -1.92. The number of halogens is 1. The van der Waals surface area contributed by atoms with Crippen LogP contribution in [0.1, 0.15) is 22.8 Å². The molecule has 0 N–H and O–H groups in total. The smallest absolute Gasteiger partial charge is 0.255 e. The van der Waals surface area contributed by atoms with Gasteiger partial charge in [-0.15, -0.1) is 0 Å². The highest BCUT2D eigenvalue weighted by molar-refractivity contribution is 9.10. The molecule has 25 heavy (non-hydrogen) atoms. The molecule has 0 saturated carbocycles. The number of amides is 1. The molecule has 0 aliphatic carbocycles. The molecule has 1 aromatic carbocycles. The number of nitrogens with zero attached hydrogens (tertiary/aromatic N) is 3. The molecule has 0 unspecified atom stereocenters. The Labute approximate surface area is 156 Å². The number of hydrogen-bond acceptors (Lipinski definition) is 4. The molecule has 1 fully saturated rings. The van der Waals surface area contributed by atoms with Gasteiger partial charge in [-0.3, -0.25) is 9.69 Å². The first-order chi connectivity index (χ1) is 12.1. The molecule has 1 aliphatic rings. The topological polar surface area (TPSA) is 45.7 Å². The van der Waals surface area contributed by atoms with Gasteiger partial charge >= 0.3 is 0 Å². The molecule has 1 atom stereocenters. The Morgan fingerprint density at radius 3 is 2.76 bits per heavy atom. The van der Waals surface area contributed by atoms with E-state index in [1.165, 1.54) is 5.56 Å². The molecule has 1 amide bonds. The third-order valence-electron chi connectivity index (χ3n) is 4.50. The third kappa shape index (κ3) is 4.19. The first-order valence-electron chi connectivity index (χ1n) is 8.35. The monoisotopic (exact) mass is 403 g/mol. The minimum Gasteiger partial charge on any atom is -0.494 e. The third-order valence-corrected chi connectivity index (χ3v) is 5.09. The molecule has 1 saturated heterocycles. The molecule has 132 valence electrons. The molecule has 1 aromatic heterocycles. The summed E-state index contributed by atoms with van der Waals surface area (Å²) in [4.78, 5) is 21.4. The Morgan fingerprint density at radius 2 is 2.08 bits per heavy atom. The number of carbonyl (C=O) groups excluding carboxylic acids is 1. The summed E-state index contributed by atoms with van der Waals surface area (Å²) >= 11 is 3.32. The zero-order valence-electron chi connectivity index (χ0n) is 14.5. The van der Waals surface area contributed by atoms with Gasteiger partial charge in [-0.25, -0.2) is 4.98 Å². The van der Waals surface area contributed by atoms with Crippen LogP contribution in [0.4, 0.5) is 0 Å². The zero-order chi connectivity index (χ0) is 17.8. The molecule has 2 aromatic rings. The molecular weight excluding hydrogens is 382 g/mol. The van der Waals surface area contributed by atoms with Crippen molar-refractivity contribution in [3.05, 3.63) is 58.3 Å². The highest BCUT2D eigenvalue weighted by Crippen LogP contribution is 2.24. The summed E-state index contributed by atoms with van der Waals surface area (Å²) < 4.78 is 5.85. The minimum absolute atomic E-state index is 0.00478. The van der Waals surface area contributed by atoms with Crippen LogP contribution in [0.3, 0.4) is 0 Å². The van der Waals surface area contributed by atoms with E-state index in [-0.39, 0.29) is 11.9 Å². The SMILES string of the molecule is COc1cc(C(=O)N2CCN(Cc3ccccc3)C[C@H]2C)cnc1Br. The Balaban J connectivity index is 1.66. The number of rotatable bonds is 4. The highest BCUT2D eigenvalue weighted by atomic mass is 79.9. The van der Waals surface area contributed by atoms with Crippen LogP contribution >= 0.6 is 15.9 Å². The lowest BCUT2D eigenvalue weighted by atomic mass is 10.1. The van der Waals surface area contributed by atoms with E-state index in [9.17, 15) is 4.79 Å². The van der Waals surface area contributed by atoms with Gasteiger partial charge in [0.2, 0.25) is 0 Å². The molecule has 5 nitrogen and oxygen atoms in total. The fraction of sp³-hybridized carbons (Fsp3) is 0.368. The van der Waals surface area contributed by atoms with Crippen LogP contribution in [-0.4, -0.2) is 53.5 Å². The number of pyridine rings is 1. The molecule has 2 heterocycles. The number of carbonyl (C=O) groups is 1. The quantitative estimate of drug-likeness (QED) is 0.735. The van der Waals surface area contributed by atoms with Gasteiger partial charge < -0.3 is 9.64 Å². The standard InChI is InChI=1S/C19H22BrN3O2/c1-14-12-22(13-15-6-4-3-5-7-15)8-9-23(14)19(24)16-10-17(25-2)18(20)21-11-16/h3-7,10-11,14H,8-9,12-13H2,1-2H3/t14-/m1/s1. The van der Waals surface area contributed by atoms with E-state index in [1.807, 2.05) is 11.0 Å². The number of methoxy groups -OCH3 is 1. The Morgan fingerprint density at radius 1 is 1.32 bits per heavy atom. The van der Waals surface area contributed by atoms with E-state index in [0.717, 1.165) is 19.6 Å². The lowest BCUT2D eigenvalue weighted by Crippen LogP contribution is -2.53. The Kier molecular flexibility index (Phi) is 5.71. The average Bonchev–Trinajstić information content (AvgIpc) is 2.62. The summed E-state index contributed by atoms with van der Waals surface area (Å²) in [6.45, 7) is 5.46. The average molecular weight is 404 g/mol. The van der Waals surface area contributed by atoms with Gasteiger partial charge in [-0.2, -0.15) is 0 Å². The number of ether oxygens (including phenoxy) is 1. The van der Waals surface area contributed by atoms with Crippen molar-refractivity contribution in [1.82, 2.24) is 14.8 Å². The van der Waals surface area contributed by atoms with Gasteiger partial charge in [-0.05, 0) is 34.5 Å². The van der Waals surface area contributed by atoms with Crippen molar-refractivity contribution in [2.75, 3.05) is 26.7 Å². The summed E-state index contributed by atoms with van der Waals surface area (Å²) in [5.74, 6) is 0.575. The maximum atomic E-state index is 12.9. The van der Waals surface area contributed by atoms with E-state index >= 15 is 0 Å². The van der Waals surface area contributed by atoms with Gasteiger partial charge in [0.25, 0.3) is 5.91 Å². The van der Waals surface area contributed by atoms with Gasteiger partial charge in [0.1, 0.15) is 4.60 Å². The van der Waals surface area contributed by atoms with E-state index < -0.39 is 0 Å². The van der Waals surface area contributed by atoms with Crippen molar-refractivity contribution < 1.29 is 9.53 Å². The van der Waals surface area contributed by atoms with E-state index in [4.69, 9.17) is 4.74 Å². The molecule has 0 bridgehead atoms. The van der Waals surface area contributed by atoms with Crippen LogP contribution in [0.2, 0.25) is 0 Å². The molecule has 0 spiro atoms. The van der Waals surface area contributed by atoms with Crippen LogP contribution in [0.15, 0.2) is 47.2 Å². The van der Waals surface area contributed by atoms with Gasteiger partial charge in [0.05, 0.1) is 12.7 Å². The number of hydrogen-bond donors (Lipinski definition) is 0. The predicted octanol–water partition coefficient (Wildman–Crippen LogP) is 3.20. The zero-order valence-corrected chi connectivity index (χ0v) is 16.1. The second-order valence-corrected chi connectivity index (χ2v) is 7.04. The van der Waals surface area contributed by atoms with Crippen LogP contribution in [-0.2, 0) is 6.54 Å². The largest absolute Gasteiger partial charge is 0.494 e. The van der Waals surface area contributed by atoms with E-state index in [1.54, 1.807) is 19.4 Å². The lowest BCUT2D eigenvalue weighted by molar-refractivity contribution is 0.0475. The predicted molar refractivity (Wildman–Crippen MR) is 101 cm³/mol. The van der Waals surface area contributed by atoms with Gasteiger partial charge in [0.15, 0.2) is 5.75 Å². The maximum Gasteiger partial charge on any atom is 0.255 e. The fourth-order valence-electron chi connectivity index (χ4n) is 3.17. The van der Waals surface area contributed by atoms with Crippen molar-refractivity contribution in [2.45, 2.75) is 19.5 Å². The van der Waals surface area contributed by atoms with Crippen molar-refractivity contribution in [2.24, 2.45) is 0 Å². The molecule has 6 heteroatoms. The van der Waals surface area contributed by atoms with Crippen LogP contribution in [0.5, 0.6) is 5.75 Å². The normalized spacial score (nSPS) is 18.2. The lowest BCUT2D eigenvalue weighted by Gasteiger charge is -2.40. The second kappa shape index (κ2) is 7.97. The van der Waals surface area contributed by atoms with E-state index in [0.29, 0.717) is 22.5 Å². The van der Waals surface area contributed by atoms with Crippen molar-refractivity contribution >= 4 is 21.8 Å². The van der Waals surface area contributed by atoms with Crippen LogP contribution in [0.25, 0.3) is 0 Å². The van der Waals surface area contributed by atoms with Crippen LogP contribution < -0.4 is 4.74 Å². The molecule has 1 aliphatic heterocycles. The molecular formula is C19H22BrN3O2. The van der Waals surface area contributed by atoms with Gasteiger partial charge in [-0.1, -0.05) is 30.3 Å². The Bertz CT molecular complexity index is 739. The van der Waals surface area contributed by atoms with Crippen LogP contribution in [0, 0.1) is 0 Å². The molecule has 3 rings (SSSR count). The summed E-state index contributed by atoms with van der Waals surface area (Å²) in [7, 11) is 1.57. The number of piperazine rings is 1. The second-order valence-electron chi connectivity index (χ2n) is 6.29. The summed E-state index contributed by atoms with van der Waals surface area (Å²) in [6.07, 6.45) is 1.60.